The molecule has 1 N–H and O–H groups in total. The molecule has 92 valence electrons. The number of pyridine rings is 1. The highest BCUT2D eigenvalue weighted by Crippen LogP contribution is 2.10. The van der Waals surface area contributed by atoms with Gasteiger partial charge in [-0.1, -0.05) is 23.8 Å². The Labute approximate surface area is 107 Å². The van der Waals surface area contributed by atoms with Crippen LogP contribution in [0.15, 0.2) is 42.7 Å². The van der Waals surface area contributed by atoms with E-state index in [-0.39, 0.29) is 5.91 Å². The van der Waals surface area contributed by atoms with Gasteiger partial charge in [-0.15, -0.1) is 0 Å². The smallest absolute Gasteiger partial charge is 0.251 e. The molecular weight excluding hydrogens is 224 g/mol. The van der Waals surface area contributed by atoms with Crippen molar-refractivity contribution >= 4 is 5.91 Å². The highest BCUT2D eigenvalue weighted by Gasteiger charge is 2.05. The molecule has 0 aliphatic rings. The Bertz CT molecular complexity index is 550. The zero-order valence-electron chi connectivity index (χ0n) is 10.6. The molecule has 0 saturated heterocycles. The van der Waals surface area contributed by atoms with E-state index in [2.05, 4.69) is 42.3 Å². The highest BCUT2D eigenvalue weighted by molar-refractivity contribution is 5.93. The Balaban J connectivity index is 2.02. The number of hydrogen-bond acceptors (Lipinski definition) is 2. The average molecular weight is 240 g/mol. The summed E-state index contributed by atoms with van der Waals surface area (Å²) >= 11 is 0. The third kappa shape index (κ3) is 2.94. The summed E-state index contributed by atoms with van der Waals surface area (Å²) in [6.07, 6.45) is 3.23. The first-order valence-corrected chi connectivity index (χ1v) is 5.91. The lowest BCUT2D eigenvalue weighted by Gasteiger charge is -2.08. The molecule has 3 heteroatoms. The zero-order chi connectivity index (χ0) is 13.0. The predicted octanol–water partition coefficient (Wildman–Crippen LogP) is 2.63. The van der Waals surface area contributed by atoms with Gasteiger partial charge < -0.3 is 5.32 Å². The normalized spacial score (nSPS) is 10.1. The van der Waals surface area contributed by atoms with Gasteiger partial charge >= 0.3 is 0 Å². The number of carbonyl (C=O) groups excluding carboxylic acids is 1. The molecular formula is C15H16N2O. The fourth-order valence-electron chi connectivity index (χ4n) is 1.83. The number of carbonyl (C=O) groups is 1. The van der Waals surface area contributed by atoms with Crippen LogP contribution in [0, 0.1) is 13.8 Å². The van der Waals surface area contributed by atoms with E-state index < -0.39 is 0 Å². The van der Waals surface area contributed by atoms with Crippen molar-refractivity contribution in [1.82, 2.24) is 10.3 Å². The zero-order valence-corrected chi connectivity index (χ0v) is 10.6. The molecule has 0 saturated carbocycles. The van der Waals surface area contributed by atoms with E-state index in [4.69, 9.17) is 0 Å². The lowest BCUT2D eigenvalue weighted by molar-refractivity contribution is 0.0951. The SMILES string of the molecule is Cc1ccc(CNC(=O)c2ccncc2)c(C)c1. The molecule has 0 radical (unpaired) electrons. The molecule has 0 spiro atoms. The van der Waals surface area contributed by atoms with Gasteiger partial charge in [0.2, 0.25) is 0 Å². The molecule has 0 aliphatic carbocycles. The maximum absolute atomic E-state index is 11.9. The second-order valence-electron chi connectivity index (χ2n) is 4.35. The molecule has 0 aliphatic heterocycles. The molecule has 1 aromatic heterocycles. The maximum atomic E-state index is 11.9. The summed E-state index contributed by atoms with van der Waals surface area (Å²) in [5.74, 6) is -0.0719. The molecule has 1 aromatic carbocycles. The van der Waals surface area contributed by atoms with Crippen LogP contribution in [0.3, 0.4) is 0 Å². The topological polar surface area (TPSA) is 42.0 Å². The maximum Gasteiger partial charge on any atom is 0.251 e. The number of aryl methyl sites for hydroxylation is 2. The molecule has 18 heavy (non-hydrogen) atoms. The lowest BCUT2D eigenvalue weighted by atomic mass is 10.1. The van der Waals surface area contributed by atoms with Crippen LogP contribution in [0.2, 0.25) is 0 Å². The summed E-state index contributed by atoms with van der Waals surface area (Å²) in [4.78, 5) is 15.7. The number of amides is 1. The summed E-state index contributed by atoms with van der Waals surface area (Å²) < 4.78 is 0. The standard InChI is InChI=1S/C15H16N2O/c1-11-3-4-14(12(2)9-11)10-17-15(18)13-5-7-16-8-6-13/h3-9H,10H2,1-2H3,(H,17,18). The van der Waals surface area contributed by atoms with Gasteiger partial charge in [-0.05, 0) is 37.1 Å². The van der Waals surface area contributed by atoms with Crippen LogP contribution in [0.5, 0.6) is 0 Å². The Hall–Kier alpha value is -2.16. The van der Waals surface area contributed by atoms with Crippen LogP contribution >= 0.6 is 0 Å². The van der Waals surface area contributed by atoms with E-state index >= 15 is 0 Å². The summed E-state index contributed by atoms with van der Waals surface area (Å²) in [7, 11) is 0. The molecule has 3 nitrogen and oxygen atoms in total. The van der Waals surface area contributed by atoms with Crippen molar-refractivity contribution < 1.29 is 4.79 Å². The molecule has 0 atom stereocenters. The van der Waals surface area contributed by atoms with Crippen molar-refractivity contribution in [2.24, 2.45) is 0 Å². The molecule has 0 fully saturated rings. The lowest BCUT2D eigenvalue weighted by Crippen LogP contribution is -2.23. The minimum atomic E-state index is -0.0719. The molecule has 2 aromatic rings. The Morgan fingerprint density at radius 3 is 2.56 bits per heavy atom. The van der Waals surface area contributed by atoms with E-state index in [1.54, 1.807) is 24.5 Å². The third-order valence-corrected chi connectivity index (χ3v) is 2.88. The Morgan fingerprint density at radius 1 is 1.17 bits per heavy atom. The monoisotopic (exact) mass is 240 g/mol. The van der Waals surface area contributed by atoms with Crippen LogP contribution in [-0.4, -0.2) is 10.9 Å². The van der Waals surface area contributed by atoms with E-state index in [0.29, 0.717) is 12.1 Å². The Morgan fingerprint density at radius 2 is 1.89 bits per heavy atom. The molecule has 0 unspecified atom stereocenters. The summed E-state index contributed by atoms with van der Waals surface area (Å²) in [5.41, 5.74) is 4.21. The summed E-state index contributed by atoms with van der Waals surface area (Å²) in [6, 6.07) is 9.64. The largest absolute Gasteiger partial charge is 0.348 e. The summed E-state index contributed by atoms with van der Waals surface area (Å²) in [6.45, 7) is 4.67. The van der Waals surface area contributed by atoms with E-state index in [9.17, 15) is 4.79 Å². The second-order valence-corrected chi connectivity index (χ2v) is 4.35. The van der Waals surface area contributed by atoms with Gasteiger partial charge in [-0.2, -0.15) is 0 Å². The van der Waals surface area contributed by atoms with Gasteiger partial charge in [-0.3, -0.25) is 9.78 Å². The quantitative estimate of drug-likeness (QED) is 0.896. The van der Waals surface area contributed by atoms with Crippen molar-refractivity contribution in [1.29, 1.82) is 0 Å². The van der Waals surface area contributed by atoms with E-state index in [1.165, 1.54) is 11.1 Å². The second kappa shape index (κ2) is 5.45. The van der Waals surface area contributed by atoms with Gasteiger partial charge in [0, 0.05) is 24.5 Å². The number of hydrogen-bond donors (Lipinski definition) is 1. The number of nitrogens with zero attached hydrogens (tertiary/aromatic N) is 1. The average Bonchev–Trinajstić information content (AvgIpc) is 2.38. The van der Waals surface area contributed by atoms with E-state index in [1.807, 2.05) is 0 Å². The van der Waals surface area contributed by atoms with Crippen LogP contribution in [0.25, 0.3) is 0 Å². The van der Waals surface area contributed by atoms with Crippen LogP contribution in [0.1, 0.15) is 27.0 Å². The van der Waals surface area contributed by atoms with Gasteiger partial charge in [-0.25, -0.2) is 0 Å². The first-order chi connectivity index (χ1) is 8.66. The van der Waals surface area contributed by atoms with Crippen LogP contribution in [-0.2, 0) is 6.54 Å². The van der Waals surface area contributed by atoms with Crippen LogP contribution < -0.4 is 5.32 Å². The van der Waals surface area contributed by atoms with Crippen molar-refractivity contribution in [3.63, 3.8) is 0 Å². The number of rotatable bonds is 3. The number of benzene rings is 1. The van der Waals surface area contributed by atoms with Gasteiger partial charge in [0.15, 0.2) is 0 Å². The minimum Gasteiger partial charge on any atom is -0.348 e. The van der Waals surface area contributed by atoms with Gasteiger partial charge in [0.1, 0.15) is 0 Å². The molecule has 0 bridgehead atoms. The van der Waals surface area contributed by atoms with Gasteiger partial charge in [0.25, 0.3) is 5.91 Å². The molecule has 2 rings (SSSR count). The first kappa shape index (κ1) is 12.3. The fraction of sp³-hybridized carbons (Fsp3) is 0.200. The minimum absolute atomic E-state index is 0.0719. The molecule has 1 amide bonds. The predicted molar refractivity (Wildman–Crippen MR) is 71.3 cm³/mol. The first-order valence-electron chi connectivity index (χ1n) is 5.91. The van der Waals surface area contributed by atoms with Gasteiger partial charge in [0.05, 0.1) is 0 Å². The van der Waals surface area contributed by atoms with Crippen molar-refractivity contribution in [3.05, 3.63) is 65.0 Å². The fourth-order valence-corrected chi connectivity index (χ4v) is 1.83. The number of nitrogens with one attached hydrogen (secondary N) is 1. The number of aromatic nitrogens is 1. The van der Waals surface area contributed by atoms with Crippen LogP contribution in [0.4, 0.5) is 0 Å². The highest BCUT2D eigenvalue weighted by atomic mass is 16.1. The van der Waals surface area contributed by atoms with E-state index in [0.717, 1.165) is 5.56 Å². The summed E-state index contributed by atoms with van der Waals surface area (Å²) in [5, 5.41) is 2.91. The molecule has 1 heterocycles. The third-order valence-electron chi connectivity index (χ3n) is 2.88. The Kier molecular flexibility index (Phi) is 3.72. The van der Waals surface area contributed by atoms with Crippen molar-refractivity contribution in [2.75, 3.05) is 0 Å². The van der Waals surface area contributed by atoms with Crippen molar-refractivity contribution in [3.8, 4) is 0 Å². The van der Waals surface area contributed by atoms with Crippen molar-refractivity contribution in [2.45, 2.75) is 20.4 Å².